The van der Waals surface area contributed by atoms with E-state index in [-0.39, 0.29) is 0 Å². The summed E-state index contributed by atoms with van der Waals surface area (Å²) in [7, 11) is 0. The number of benzene rings is 2. The Bertz CT molecular complexity index is 634. The van der Waals surface area contributed by atoms with Gasteiger partial charge in [0, 0.05) is 25.5 Å². The summed E-state index contributed by atoms with van der Waals surface area (Å²) in [6.07, 6.45) is 16.7. The second kappa shape index (κ2) is 13.5. The molecule has 2 aromatic carbocycles. The van der Waals surface area contributed by atoms with E-state index in [4.69, 9.17) is 0 Å². The van der Waals surface area contributed by atoms with Gasteiger partial charge in [-0.15, -0.1) is 0 Å². The quantitative estimate of drug-likeness (QED) is 0.347. The molecule has 0 aromatic heterocycles. The molecule has 0 unspecified atom stereocenters. The first kappa shape index (κ1) is 19.6. The summed E-state index contributed by atoms with van der Waals surface area (Å²) in [5, 5.41) is 0. The number of aliphatic imine (C=N–C) groups is 2. The maximum Gasteiger partial charge on any atom is 0.0389 e. The Morgan fingerprint density at radius 1 is 0.538 bits per heavy atom. The summed E-state index contributed by atoms with van der Waals surface area (Å²) in [5.74, 6) is 0. The minimum absolute atomic E-state index is 0.905. The van der Waals surface area contributed by atoms with E-state index in [1.807, 2.05) is 61.0 Å². The maximum atomic E-state index is 4.42. The van der Waals surface area contributed by atoms with E-state index in [0.717, 1.165) is 25.9 Å². The molecule has 0 spiro atoms. The van der Waals surface area contributed by atoms with Crippen LogP contribution in [0.25, 0.3) is 12.2 Å². The van der Waals surface area contributed by atoms with Crippen LogP contribution in [0.2, 0.25) is 0 Å². The molecule has 0 fully saturated rings. The van der Waals surface area contributed by atoms with E-state index in [1.165, 1.54) is 24.0 Å². The van der Waals surface area contributed by atoms with Crippen LogP contribution in [-0.4, -0.2) is 25.5 Å². The van der Waals surface area contributed by atoms with Gasteiger partial charge in [0.2, 0.25) is 0 Å². The molecule has 0 aliphatic carbocycles. The summed E-state index contributed by atoms with van der Waals surface area (Å²) in [4.78, 5) is 8.85. The van der Waals surface area contributed by atoms with Gasteiger partial charge in [0.15, 0.2) is 0 Å². The molecule has 0 aliphatic heterocycles. The van der Waals surface area contributed by atoms with Crippen LogP contribution in [0.15, 0.2) is 82.8 Å². The third-order valence-electron chi connectivity index (χ3n) is 3.88. The van der Waals surface area contributed by atoms with Crippen LogP contribution < -0.4 is 0 Å². The van der Waals surface area contributed by atoms with Gasteiger partial charge in [-0.05, 0) is 36.1 Å². The van der Waals surface area contributed by atoms with E-state index in [2.05, 4.69) is 46.4 Å². The fraction of sp³-hybridized carbons (Fsp3) is 0.250. The van der Waals surface area contributed by atoms with E-state index in [9.17, 15) is 0 Å². The lowest BCUT2D eigenvalue weighted by atomic mass is 10.2. The fourth-order valence-electron chi connectivity index (χ4n) is 2.47. The van der Waals surface area contributed by atoms with Gasteiger partial charge in [0.05, 0.1) is 0 Å². The zero-order valence-electron chi connectivity index (χ0n) is 15.4. The van der Waals surface area contributed by atoms with Gasteiger partial charge in [-0.1, -0.05) is 85.7 Å². The minimum Gasteiger partial charge on any atom is -0.293 e. The molecule has 0 aliphatic rings. The normalized spacial score (nSPS) is 12.2. The average molecular weight is 345 g/mol. The van der Waals surface area contributed by atoms with Crippen molar-refractivity contribution < 1.29 is 0 Å². The first-order chi connectivity index (χ1) is 12.9. The average Bonchev–Trinajstić information content (AvgIpc) is 2.70. The van der Waals surface area contributed by atoms with Gasteiger partial charge in [0.25, 0.3) is 0 Å². The first-order valence-electron chi connectivity index (χ1n) is 9.38. The predicted octanol–water partition coefficient (Wildman–Crippen LogP) is 6.12. The van der Waals surface area contributed by atoms with Crippen molar-refractivity contribution >= 4 is 24.6 Å². The molecule has 2 rings (SSSR count). The molecule has 0 heterocycles. The van der Waals surface area contributed by atoms with Crippen LogP contribution in [0.1, 0.15) is 36.8 Å². The van der Waals surface area contributed by atoms with Gasteiger partial charge in [0.1, 0.15) is 0 Å². The number of hydrogen-bond donors (Lipinski definition) is 0. The molecule has 0 atom stereocenters. The Kier molecular flexibility index (Phi) is 10.2. The highest BCUT2D eigenvalue weighted by atomic mass is 14.7. The van der Waals surface area contributed by atoms with Crippen LogP contribution in [0.4, 0.5) is 0 Å². The number of nitrogens with zero attached hydrogens (tertiary/aromatic N) is 2. The summed E-state index contributed by atoms with van der Waals surface area (Å²) in [6.45, 7) is 1.81. The molecule has 0 saturated carbocycles. The van der Waals surface area contributed by atoms with Crippen LogP contribution >= 0.6 is 0 Å². The SMILES string of the molecule is C(/C=C\c1ccccc1)=NCCCCCCN=C/C=C/c1ccccc1. The minimum atomic E-state index is 0.905. The lowest BCUT2D eigenvalue weighted by molar-refractivity contribution is 0.655. The zero-order valence-corrected chi connectivity index (χ0v) is 15.4. The summed E-state index contributed by atoms with van der Waals surface area (Å²) >= 11 is 0. The highest BCUT2D eigenvalue weighted by Gasteiger charge is 1.88. The summed E-state index contributed by atoms with van der Waals surface area (Å²) in [5.41, 5.74) is 2.41. The van der Waals surface area contributed by atoms with Crippen molar-refractivity contribution in [3.63, 3.8) is 0 Å². The van der Waals surface area contributed by atoms with E-state index >= 15 is 0 Å². The Balaban J connectivity index is 1.44. The second-order valence-corrected chi connectivity index (χ2v) is 6.06. The highest BCUT2D eigenvalue weighted by Crippen LogP contribution is 2.02. The van der Waals surface area contributed by atoms with Gasteiger partial charge in [-0.2, -0.15) is 0 Å². The number of allylic oxidation sites excluding steroid dienone is 2. The molecule has 2 nitrogen and oxygen atoms in total. The van der Waals surface area contributed by atoms with E-state index in [0.29, 0.717) is 0 Å². The van der Waals surface area contributed by atoms with E-state index < -0.39 is 0 Å². The van der Waals surface area contributed by atoms with Crippen LogP contribution in [0.3, 0.4) is 0 Å². The Labute approximate surface area is 157 Å². The van der Waals surface area contributed by atoms with Crippen LogP contribution in [-0.2, 0) is 0 Å². The largest absolute Gasteiger partial charge is 0.293 e. The Hall–Kier alpha value is -2.74. The highest BCUT2D eigenvalue weighted by molar-refractivity contribution is 5.78. The maximum absolute atomic E-state index is 4.42. The summed E-state index contributed by atoms with van der Waals surface area (Å²) < 4.78 is 0. The Morgan fingerprint density at radius 3 is 1.38 bits per heavy atom. The molecule has 0 amide bonds. The molecule has 0 N–H and O–H groups in total. The lowest BCUT2D eigenvalue weighted by Crippen LogP contribution is -1.86. The van der Waals surface area contributed by atoms with Crippen molar-refractivity contribution in [3.05, 3.63) is 83.9 Å². The van der Waals surface area contributed by atoms with Gasteiger partial charge < -0.3 is 0 Å². The first-order valence-corrected chi connectivity index (χ1v) is 9.38. The standard InChI is InChI=1S/C24H28N2/c1(9-19-25-21-11-17-23-13-5-3-6-14-23)2-10-20-26-22-12-18-24-15-7-4-8-16-24/h3-8,11-18,21-22H,1-2,9-10,19-20H2/b17-11-,18-12+,25-21?,26-22?. The van der Waals surface area contributed by atoms with Gasteiger partial charge in [-0.3, -0.25) is 9.98 Å². The second-order valence-electron chi connectivity index (χ2n) is 6.06. The van der Waals surface area contributed by atoms with Crippen molar-refractivity contribution in [1.29, 1.82) is 0 Å². The molecular weight excluding hydrogens is 316 g/mol. The van der Waals surface area contributed by atoms with Crippen molar-refractivity contribution in [1.82, 2.24) is 0 Å². The monoisotopic (exact) mass is 344 g/mol. The lowest BCUT2D eigenvalue weighted by Gasteiger charge is -1.96. The number of hydrogen-bond acceptors (Lipinski definition) is 2. The van der Waals surface area contributed by atoms with Crippen LogP contribution in [0, 0.1) is 0 Å². The Morgan fingerprint density at radius 2 is 0.962 bits per heavy atom. The molecule has 0 bridgehead atoms. The van der Waals surface area contributed by atoms with Crippen molar-refractivity contribution in [2.45, 2.75) is 25.7 Å². The van der Waals surface area contributed by atoms with Gasteiger partial charge >= 0.3 is 0 Å². The van der Waals surface area contributed by atoms with Crippen LogP contribution in [0.5, 0.6) is 0 Å². The predicted molar refractivity (Wildman–Crippen MR) is 116 cm³/mol. The smallest absolute Gasteiger partial charge is 0.0389 e. The summed E-state index contributed by atoms with van der Waals surface area (Å²) in [6, 6.07) is 20.6. The number of unbranched alkanes of at least 4 members (excludes halogenated alkanes) is 3. The molecule has 26 heavy (non-hydrogen) atoms. The molecular formula is C24H28N2. The topological polar surface area (TPSA) is 24.7 Å². The fourth-order valence-corrected chi connectivity index (χ4v) is 2.47. The number of rotatable bonds is 11. The van der Waals surface area contributed by atoms with Crippen molar-refractivity contribution in [3.8, 4) is 0 Å². The molecule has 2 heteroatoms. The van der Waals surface area contributed by atoms with E-state index in [1.54, 1.807) is 0 Å². The third-order valence-corrected chi connectivity index (χ3v) is 3.88. The third kappa shape index (κ3) is 9.53. The molecule has 134 valence electrons. The van der Waals surface area contributed by atoms with Crippen molar-refractivity contribution in [2.24, 2.45) is 9.98 Å². The molecule has 0 saturated heterocycles. The van der Waals surface area contributed by atoms with Gasteiger partial charge in [-0.25, -0.2) is 0 Å². The molecule has 0 radical (unpaired) electrons. The molecule has 2 aromatic rings. The van der Waals surface area contributed by atoms with Crippen molar-refractivity contribution in [2.75, 3.05) is 13.1 Å². The zero-order chi connectivity index (χ0) is 18.1.